The molecule has 0 saturated carbocycles. The zero-order valence-corrected chi connectivity index (χ0v) is 7.45. The molecule has 1 aromatic rings. The molecule has 13 heavy (non-hydrogen) atoms. The van der Waals surface area contributed by atoms with E-state index in [9.17, 15) is 13.2 Å². The number of nitrogens with two attached hydrogens (primary N) is 1. The summed E-state index contributed by atoms with van der Waals surface area (Å²) in [4.78, 5) is 0. The number of rotatable bonds is 2. The van der Waals surface area contributed by atoms with Crippen LogP contribution in [-0.2, 0) is 0 Å². The van der Waals surface area contributed by atoms with Crippen LogP contribution < -0.4 is 5.73 Å². The highest BCUT2D eigenvalue weighted by molar-refractivity contribution is 7.07. The molecule has 0 aliphatic rings. The predicted molar refractivity (Wildman–Crippen MR) is 46.4 cm³/mol. The fourth-order valence-electron chi connectivity index (χ4n) is 0.829. The van der Waals surface area contributed by atoms with Crippen LogP contribution in [0.25, 0.3) is 0 Å². The molecule has 0 bridgehead atoms. The summed E-state index contributed by atoms with van der Waals surface area (Å²) in [6, 6.07) is 0.415. The van der Waals surface area contributed by atoms with Crippen molar-refractivity contribution >= 4 is 11.3 Å². The van der Waals surface area contributed by atoms with Crippen molar-refractivity contribution < 1.29 is 13.2 Å². The molecule has 1 heterocycles. The van der Waals surface area contributed by atoms with Crippen molar-refractivity contribution in [3.63, 3.8) is 0 Å². The maximum Gasteiger partial charge on any atom is 0.413 e. The first-order chi connectivity index (χ1) is 5.93. The minimum Gasteiger partial charge on any atom is -0.320 e. The summed E-state index contributed by atoms with van der Waals surface area (Å²) in [6.07, 6.45) is -4.42. The molecular formula is C8H8F3NS. The Hall–Kier alpha value is -0.810. The summed E-state index contributed by atoms with van der Waals surface area (Å²) in [6.45, 7) is 2.94. The van der Waals surface area contributed by atoms with E-state index in [1.165, 1.54) is 11.3 Å². The van der Waals surface area contributed by atoms with Crippen LogP contribution >= 0.6 is 11.3 Å². The largest absolute Gasteiger partial charge is 0.413 e. The van der Waals surface area contributed by atoms with E-state index in [-0.39, 0.29) is 0 Å². The topological polar surface area (TPSA) is 26.0 Å². The predicted octanol–water partition coefficient (Wildman–Crippen LogP) is 2.87. The Morgan fingerprint density at radius 2 is 2.15 bits per heavy atom. The lowest BCUT2D eigenvalue weighted by atomic mass is 10.0. The first-order valence-electron chi connectivity index (χ1n) is 3.46. The zero-order valence-electron chi connectivity index (χ0n) is 6.64. The van der Waals surface area contributed by atoms with Crippen molar-refractivity contribution in [1.82, 2.24) is 0 Å². The third kappa shape index (κ3) is 2.32. The molecule has 1 unspecified atom stereocenters. The van der Waals surface area contributed by atoms with Crippen LogP contribution in [0.15, 0.2) is 29.0 Å². The van der Waals surface area contributed by atoms with E-state index in [4.69, 9.17) is 5.73 Å². The van der Waals surface area contributed by atoms with Gasteiger partial charge in [-0.3, -0.25) is 0 Å². The minimum atomic E-state index is -4.42. The number of hydrogen-bond donors (Lipinski definition) is 1. The van der Waals surface area contributed by atoms with E-state index >= 15 is 0 Å². The van der Waals surface area contributed by atoms with Crippen LogP contribution in [0.3, 0.4) is 0 Å². The fourth-order valence-corrected chi connectivity index (χ4v) is 1.53. The summed E-state index contributed by atoms with van der Waals surface area (Å²) in [5.74, 6) is 0. The first-order valence-corrected chi connectivity index (χ1v) is 4.41. The quantitative estimate of drug-likeness (QED) is 0.741. The van der Waals surface area contributed by atoms with Gasteiger partial charge in [0.25, 0.3) is 0 Å². The number of alkyl halides is 3. The molecular weight excluding hydrogens is 199 g/mol. The van der Waals surface area contributed by atoms with Gasteiger partial charge in [-0.05, 0) is 22.4 Å². The van der Waals surface area contributed by atoms with Gasteiger partial charge in [0.15, 0.2) is 0 Å². The summed E-state index contributed by atoms with van der Waals surface area (Å²) < 4.78 is 36.3. The molecule has 1 atom stereocenters. The van der Waals surface area contributed by atoms with Gasteiger partial charge in [-0.1, -0.05) is 6.58 Å². The lowest BCUT2D eigenvalue weighted by Crippen LogP contribution is -2.23. The van der Waals surface area contributed by atoms with Gasteiger partial charge >= 0.3 is 6.18 Å². The standard InChI is InChI=1S/C8H8F3NS/c1-5(8(9,10)11)7(12)6-2-3-13-4-6/h2-4,7H,1,12H2. The molecule has 0 radical (unpaired) electrons. The average Bonchev–Trinajstić information content (AvgIpc) is 2.51. The summed E-state index contributed by atoms with van der Waals surface area (Å²) in [5, 5.41) is 3.26. The van der Waals surface area contributed by atoms with E-state index in [1.54, 1.807) is 16.8 Å². The third-order valence-electron chi connectivity index (χ3n) is 1.64. The molecule has 0 aromatic carbocycles. The van der Waals surface area contributed by atoms with Crippen molar-refractivity contribution in [3.05, 3.63) is 34.5 Å². The first kappa shape index (κ1) is 10.3. The second-order valence-electron chi connectivity index (χ2n) is 2.56. The number of hydrogen-bond acceptors (Lipinski definition) is 2. The average molecular weight is 207 g/mol. The van der Waals surface area contributed by atoms with Crippen LogP contribution in [0.5, 0.6) is 0 Å². The molecule has 72 valence electrons. The van der Waals surface area contributed by atoms with Gasteiger partial charge in [0.2, 0.25) is 0 Å². The van der Waals surface area contributed by atoms with E-state index in [1.807, 2.05) is 0 Å². The molecule has 1 nitrogen and oxygen atoms in total. The maximum atomic E-state index is 12.1. The summed E-state index contributed by atoms with van der Waals surface area (Å²) in [7, 11) is 0. The summed E-state index contributed by atoms with van der Waals surface area (Å²) in [5.41, 5.74) is 4.90. The molecule has 5 heteroatoms. The van der Waals surface area contributed by atoms with Crippen LogP contribution in [0.2, 0.25) is 0 Å². The molecule has 0 aliphatic heterocycles. The van der Waals surface area contributed by atoms with E-state index in [2.05, 4.69) is 6.58 Å². The van der Waals surface area contributed by atoms with E-state index < -0.39 is 17.8 Å². The zero-order chi connectivity index (χ0) is 10.1. The lowest BCUT2D eigenvalue weighted by molar-refractivity contribution is -0.0952. The monoisotopic (exact) mass is 207 g/mol. The van der Waals surface area contributed by atoms with Crippen molar-refractivity contribution in [1.29, 1.82) is 0 Å². The second kappa shape index (κ2) is 3.51. The van der Waals surface area contributed by atoms with Crippen molar-refractivity contribution in [2.45, 2.75) is 12.2 Å². The van der Waals surface area contributed by atoms with Crippen LogP contribution in [0, 0.1) is 0 Å². The summed E-state index contributed by atoms with van der Waals surface area (Å²) >= 11 is 1.31. The Bertz CT molecular complexity index is 289. The Kier molecular flexibility index (Phi) is 2.77. The minimum absolute atomic E-state index is 0.451. The second-order valence-corrected chi connectivity index (χ2v) is 3.34. The fraction of sp³-hybridized carbons (Fsp3) is 0.250. The smallest absolute Gasteiger partial charge is 0.320 e. The maximum absolute atomic E-state index is 12.1. The number of halogens is 3. The molecule has 0 fully saturated rings. The highest BCUT2D eigenvalue weighted by Gasteiger charge is 2.36. The number of thiophene rings is 1. The van der Waals surface area contributed by atoms with Crippen molar-refractivity contribution in [2.75, 3.05) is 0 Å². The molecule has 2 N–H and O–H groups in total. The van der Waals surface area contributed by atoms with Gasteiger partial charge in [0.1, 0.15) is 0 Å². The molecule has 0 amide bonds. The normalized spacial score (nSPS) is 14.2. The highest BCUT2D eigenvalue weighted by Crippen LogP contribution is 2.33. The highest BCUT2D eigenvalue weighted by atomic mass is 32.1. The molecule has 1 aromatic heterocycles. The van der Waals surface area contributed by atoms with Crippen molar-refractivity contribution in [3.8, 4) is 0 Å². The van der Waals surface area contributed by atoms with Crippen LogP contribution in [0.4, 0.5) is 13.2 Å². The third-order valence-corrected chi connectivity index (χ3v) is 2.34. The van der Waals surface area contributed by atoms with Crippen molar-refractivity contribution in [2.24, 2.45) is 5.73 Å². The Balaban J connectivity index is 2.81. The molecule has 1 rings (SSSR count). The van der Waals surface area contributed by atoms with Crippen LogP contribution in [0.1, 0.15) is 11.6 Å². The van der Waals surface area contributed by atoms with Gasteiger partial charge in [-0.15, -0.1) is 0 Å². The van der Waals surface area contributed by atoms with E-state index in [0.29, 0.717) is 5.56 Å². The van der Waals surface area contributed by atoms with Gasteiger partial charge in [0.05, 0.1) is 6.04 Å². The SMILES string of the molecule is C=C(C(N)c1ccsc1)C(F)(F)F. The molecule has 0 aliphatic carbocycles. The van der Waals surface area contributed by atoms with E-state index in [0.717, 1.165) is 0 Å². The molecule has 0 spiro atoms. The lowest BCUT2D eigenvalue weighted by Gasteiger charge is -2.16. The Morgan fingerprint density at radius 1 is 1.54 bits per heavy atom. The van der Waals surface area contributed by atoms with Gasteiger partial charge in [-0.2, -0.15) is 24.5 Å². The van der Waals surface area contributed by atoms with Gasteiger partial charge < -0.3 is 5.73 Å². The van der Waals surface area contributed by atoms with Gasteiger partial charge in [-0.25, -0.2) is 0 Å². The Morgan fingerprint density at radius 3 is 2.54 bits per heavy atom. The Labute approximate surface area is 77.7 Å². The van der Waals surface area contributed by atoms with Crippen LogP contribution in [-0.4, -0.2) is 6.18 Å². The van der Waals surface area contributed by atoms with Gasteiger partial charge in [0, 0.05) is 5.57 Å². The molecule has 0 saturated heterocycles.